The van der Waals surface area contributed by atoms with E-state index in [9.17, 15) is 10.2 Å². The van der Waals surface area contributed by atoms with Gasteiger partial charge in [0.1, 0.15) is 12.3 Å². The van der Waals surface area contributed by atoms with E-state index in [0.29, 0.717) is 4.48 Å². The molecule has 2 N–H and O–H groups in total. The van der Waals surface area contributed by atoms with Crippen LogP contribution in [0.1, 0.15) is 12.8 Å². The van der Waals surface area contributed by atoms with Crippen LogP contribution in [0.4, 0.5) is 0 Å². The quantitative estimate of drug-likeness (QED) is 0.443. The SMILES string of the molecule is CN(C)C(N(C)C)N(C)CCCC(C(O)O)[N+](C)(C)C. The summed E-state index contributed by atoms with van der Waals surface area (Å²) in [4.78, 5) is 6.60. The Labute approximate surface area is 124 Å². The fourth-order valence-electron chi connectivity index (χ4n) is 2.85. The summed E-state index contributed by atoms with van der Waals surface area (Å²) in [6, 6.07) is -0.152. The lowest BCUT2D eigenvalue weighted by atomic mass is 10.1. The number of rotatable bonds is 9. The van der Waals surface area contributed by atoms with Crippen molar-refractivity contribution in [1.29, 1.82) is 0 Å². The summed E-state index contributed by atoms with van der Waals surface area (Å²) in [7, 11) is 16.3. The second kappa shape index (κ2) is 8.26. The molecule has 0 radical (unpaired) electrons. The number of nitrogens with zero attached hydrogens (tertiary/aromatic N) is 4. The molecule has 0 aromatic carbocycles. The maximum atomic E-state index is 9.51. The van der Waals surface area contributed by atoms with E-state index in [0.717, 1.165) is 19.4 Å². The van der Waals surface area contributed by atoms with Crippen molar-refractivity contribution in [2.24, 2.45) is 0 Å². The molecule has 0 saturated heterocycles. The summed E-state index contributed by atoms with van der Waals surface area (Å²) in [5.74, 6) is 0. The highest BCUT2D eigenvalue weighted by molar-refractivity contribution is 4.66. The Morgan fingerprint density at radius 2 is 1.35 bits per heavy atom. The van der Waals surface area contributed by atoms with E-state index in [4.69, 9.17) is 0 Å². The zero-order valence-electron chi connectivity index (χ0n) is 14.5. The van der Waals surface area contributed by atoms with Crippen LogP contribution < -0.4 is 0 Å². The van der Waals surface area contributed by atoms with Gasteiger partial charge in [-0.25, -0.2) is 0 Å². The molecule has 20 heavy (non-hydrogen) atoms. The number of aliphatic hydroxyl groups is 2. The van der Waals surface area contributed by atoms with Gasteiger partial charge in [-0.1, -0.05) is 0 Å². The molecular weight excluding hydrogens is 256 g/mol. The summed E-state index contributed by atoms with van der Waals surface area (Å²) in [5.41, 5.74) is 0. The Morgan fingerprint density at radius 1 is 0.900 bits per heavy atom. The van der Waals surface area contributed by atoms with Crippen LogP contribution in [0.25, 0.3) is 0 Å². The average molecular weight is 291 g/mol. The smallest absolute Gasteiger partial charge is 0.205 e. The average Bonchev–Trinajstić information content (AvgIpc) is 2.20. The van der Waals surface area contributed by atoms with Crippen LogP contribution in [0, 0.1) is 0 Å². The topological polar surface area (TPSA) is 50.2 Å². The van der Waals surface area contributed by atoms with Crippen LogP contribution in [0.3, 0.4) is 0 Å². The van der Waals surface area contributed by atoms with Gasteiger partial charge in [-0.2, -0.15) is 0 Å². The van der Waals surface area contributed by atoms with Crippen molar-refractivity contribution in [3.05, 3.63) is 0 Å². The van der Waals surface area contributed by atoms with E-state index >= 15 is 0 Å². The highest BCUT2D eigenvalue weighted by atomic mass is 16.5. The Balaban J connectivity index is 4.40. The Bertz CT molecular complexity index is 256. The minimum atomic E-state index is -1.26. The first-order valence-corrected chi connectivity index (χ1v) is 7.18. The molecule has 0 aromatic heterocycles. The molecular formula is C14H35N4O2+. The molecule has 0 saturated carbocycles. The van der Waals surface area contributed by atoms with E-state index in [-0.39, 0.29) is 12.3 Å². The van der Waals surface area contributed by atoms with Crippen LogP contribution in [0.2, 0.25) is 0 Å². The van der Waals surface area contributed by atoms with Gasteiger partial charge in [0.2, 0.25) is 6.29 Å². The van der Waals surface area contributed by atoms with Crippen LogP contribution in [0.5, 0.6) is 0 Å². The van der Waals surface area contributed by atoms with Crippen molar-refractivity contribution in [1.82, 2.24) is 14.7 Å². The second-order valence-electron chi connectivity index (χ2n) is 6.99. The summed E-state index contributed by atoms with van der Waals surface area (Å²) < 4.78 is 0.562. The van der Waals surface area contributed by atoms with E-state index in [1.54, 1.807) is 0 Å². The van der Waals surface area contributed by atoms with Crippen molar-refractivity contribution >= 4 is 0 Å². The molecule has 1 atom stereocenters. The van der Waals surface area contributed by atoms with Crippen molar-refractivity contribution in [2.75, 3.05) is 62.9 Å². The third kappa shape index (κ3) is 6.47. The van der Waals surface area contributed by atoms with Gasteiger partial charge in [-0.15, -0.1) is 0 Å². The predicted molar refractivity (Wildman–Crippen MR) is 83.1 cm³/mol. The molecule has 0 spiro atoms. The molecule has 6 heteroatoms. The molecule has 0 rings (SSSR count). The van der Waals surface area contributed by atoms with Gasteiger partial charge in [0.25, 0.3) is 0 Å². The standard InChI is InChI=1S/C14H35N4O2/c1-15(2)14(16(3)4)17(5)11-9-10-12(13(19)20)18(6,7)8/h12-14,19-20H,9-11H2,1-8H3/q+1. The number of likely N-dealkylation sites (N-methyl/N-ethyl adjacent to an activating group) is 1. The largest absolute Gasteiger partial charge is 0.363 e. The van der Waals surface area contributed by atoms with Crippen molar-refractivity contribution in [3.63, 3.8) is 0 Å². The predicted octanol–water partition coefficient (Wildman–Crippen LogP) is -0.509. The van der Waals surface area contributed by atoms with E-state index < -0.39 is 6.29 Å². The lowest BCUT2D eigenvalue weighted by Gasteiger charge is -2.39. The maximum absolute atomic E-state index is 9.51. The van der Waals surface area contributed by atoms with Gasteiger partial charge in [0.05, 0.1) is 21.1 Å². The summed E-state index contributed by atoms with van der Waals surface area (Å²) in [6.45, 7) is 0.921. The highest BCUT2D eigenvalue weighted by Gasteiger charge is 2.30. The minimum absolute atomic E-state index is 0.152. The lowest BCUT2D eigenvalue weighted by molar-refractivity contribution is -0.903. The fourth-order valence-corrected chi connectivity index (χ4v) is 2.85. The molecule has 0 aliphatic heterocycles. The Morgan fingerprint density at radius 3 is 1.65 bits per heavy atom. The van der Waals surface area contributed by atoms with Crippen LogP contribution in [-0.2, 0) is 0 Å². The molecule has 0 aromatic rings. The first kappa shape index (κ1) is 19.8. The summed E-state index contributed by atoms with van der Waals surface area (Å²) >= 11 is 0. The van der Waals surface area contributed by atoms with Crippen LogP contribution in [0.15, 0.2) is 0 Å². The van der Waals surface area contributed by atoms with Gasteiger partial charge in [-0.3, -0.25) is 14.7 Å². The molecule has 1 unspecified atom stereocenters. The number of hydrogen-bond acceptors (Lipinski definition) is 5. The van der Waals surface area contributed by atoms with Crippen LogP contribution >= 0.6 is 0 Å². The van der Waals surface area contributed by atoms with Crippen molar-refractivity contribution in [2.45, 2.75) is 31.5 Å². The Hall–Kier alpha value is -0.240. The molecule has 122 valence electrons. The fraction of sp³-hybridized carbons (Fsp3) is 1.00. The third-order valence-corrected chi connectivity index (χ3v) is 3.67. The van der Waals surface area contributed by atoms with Gasteiger partial charge in [0, 0.05) is 13.0 Å². The van der Waals surface area contributed by atoms with E-state index in [1.807, 2.05) is 21.1 Å². The molecule has 0 heterocycles. The molecule has 0 amide bonds. The van der Waals surface area contributed by atoms with Gasteiger partial charge >= 0.3 is 0 Å². The van der Waals surface area contributed by atoms with Gasteiger partial charge in [-0.05, 0) is 41.7 Å². The molecule has 0 aliphatic carbocycles. The van der Waals surface area contributed by atoms with Gasteiger partial charge in [0.15, 0.2) is 0 Å². The molecule has 0 fully saturated rings. The number of aliphatic hydroxyl groups excluding tert-OH is 1. The molecule has 0 bridgehead atoms. The zero-order chi connectivity index (χ0) is 16.1. The minimum Gasteiger partial charge on any atom is -0.363 e. The summed E-state index contributed by atoms with van der Waals surface area (Å²) in [6.07, 6.45) is 0.710. The highest BCUT2D eigenvalue weighted by Crippen LogP contribution is 2.14. The van der Waals surface area contributed by atoms with Crippen molar-refractivity contribution < 1.29 is 14.7 Å². The normalized spacial score (nSPS) is 15.2. The number of hydrogen-bond donors (Lipinski definition) is 2. The van der Waals surface area contributed by atoms with E-state index in [1.165, 1.54) is 0 Å². The second-order valence-corrected chi connectivity index (χ2v) is 6.99. The number of quaternary nitrogens is 1. The zero-order valence-corrected chi connectivity index (χ0v) is 14.5. The third-order valence-electron chi connectivity index (χ3n) is 3.67. The summed E-state index contributed by atoms with van der Waals surface area (Å²) in [5, 5.41) is 19.0. The van der Waals surface area contributed by atoms with Gasteiger partial charge < -0.3 is 14.7 Å². The van der Waals surface area contributed by atoms with Crippen LogP contribution in [-0.4, -0.2) is 111 Å². The molecule has 6 nitrogen and oxygen atoms in total. The lowest BCUT2D eigenvalue weighted by Crippen LogP contribution is -2.53. The molecule has 0 aliphatic rings. The first-order chi connectivity index (χ1) is 8.98. The Kier molecular flexibility index (Phi) is 8.16. The first-order valence-electron chi connectivity index (χ1n) is 7.18. The van der Waals surface area contributed by atoms with Crippen molar-refractivity contribution in [3.8, 4) is 0 Å². The van der Waals surface area contributed by atoms with E-state index in [2.05, 4.69) is 49.9 Å². The monoisotopic (exact) mass is 291 g/mol. The maximum Gasteiger partial charge on any atom is 0.205 e.